The summed E-state index contributed by atoms with van der Waals surface area (Å²) in [6, 6.07) is 17.2. The van der Waals surface area contributed by atoms with Crippen LogP contribution in [-0.4, -0.2) is 25.7 Å². The Morgan fingerprint density at radius 2 is 1.82 bits per heavy atom. The number of hydrogen-bond donors (Lipinski definition) is 0. The van der Waals surface area contributed by atoms with E-state index in [9.17, 15) is 4.79 Å². The Hall–Kier alpha value is -2.79. The molecule has 3 heterocycles. The van der Waals surface area contributed by atoms with Gasteiger partial charge in [0.25, 0.3) is 5.56 Å². The van der Waals surface area contributed by atoms with Crippen LogP contribution in [0, 0.1) is 10.9 Å². The molecule has 5 aromatic rings. The number of aromatic nitrogens is 4. The number of ether oxygens (including phenoxy) is 1. The Morgan fingerprint density at radius 1 is 1.06 bits per heavy atom. The van der Waals surface area contributed by atoms with Crippen LogP contribution < -0.4 is 10.3 Å². The van der Waals surface area contributed by atoms with E-state index in [1.807, 2.05) is 78.4 Å². The molecule has 3 aromatic heterocycles. The summed E-state index contributed by atoms with van der Waals surface area (Å²) in [6.07, 6.45) is 0. The topological polar surface area (TPSA) is 61.9 Å². The van der Waals surface area contributed by atoms with Crippen molar-refractivity contribution in [1.82, 2.24) is 19.1 Å². The summed E-state index contributed by atoms with van der Waals surface area (Å²) >= 11 is 10.1. The average molecular weight is 525 g/mol. The molecule has 0 aliphatic heterocycles. The number of benzene rings is 2. The van der Waals surface area contributed by atoms with Gasteiger partial charge < -0.3 is 4.74 Å². The molecule has 0 N–H and O–H groups in total. The van der Waals surface area contributed by atoms with Crippen molar-refractivity contribution in [2.45, 2.75) is 24.8 Å². The number of nitrogens with zero attached hydrogens (tertiary/aromatic N) is 4. The maximum Gasteiger partial charge on any atom is 0.278 e. The third-order valence-electron chi connectivity index (χ3n) is 5.01. The minimum Gasteiger partial charge on any atom is -0.492 e. The molecule has 0 bridgehead atoms. The zero-order valence-electron chi connectivity index (χ0n) is 18.4. The van der Waals surface area contributed by atoms with Crippen LogP contribution in [0.5, 0.6) is 5.75 Å². The van der Waals surface area contributed by atoms with Crippen molar-refractivity contribution in [2.24, 2.45) is 0 Å². The van der Waals surface area contributed by atoms with Gasteiger partial charge in [-0.25, -0.2) is 9.97 Å². The number of para-hydroxylation sites is 3. The molecule has 6 nitrogen and oxygen atoms in total. The maximum absolute atomic E-state index is 13.8. The number of thioether (sulfide) groups is 1. The van der Waals surface area contributed by atoms with Crippen molar-refractivity contribution >= 4 is 57.0 Å². The lowest BCUT2D eigenvalue weighted by Crippen LogP contribution is -2.21. The van der Waals surface area contributed by atoms with Crippen LogP contribution in [-0.2, 0) is 5.75 Å². The van der Waals surface area contributed by atoms with Gasteiger partial charge in [-0.15, -0.1) is 11.3 Å². The van der Waals surface area contributed by atoms with Crippen molar-refractivity contribution < 1.29 is 4.74 Å². The molecular weight excluding hydrogens is 505 g/mol. The average Bonchev–Trinajstić information content (AvgIpc) is 3.41. The second kappa shape index (κ2) is 9.83. The normalized spacial score (nSPS) is 11.2. The lowest BCUT2D eigenvalue weighted by atomic mass is 10.3. The highest BCUT2D eigenvalue weighted by Gasteiger charge is 2.20. The van der Waals surface area contributed by atoms with Gasteiger partial charge in [-0.3, -0.25) is 13.9 Å². The first kappa shape index (κ1) is 23.0. The van der Waals surface area contributed by atoms with Crippen LogP contribution in [0.25, 0.3) is 21.7 Å². The summed E-state index contributed by atoms with van der Waals surface area (Å²) in [5.74, 6) is 1.30. The summed E-state index contributed by atoms with van der Waals surface area (Å²) in [5, 5.41) is 3.64. The monoisotopic (exact) mass is 524 g/mol. The van der Waals surface area contributed by atoms with E-state index in [-0.39, 0.29) is 5.56 Å². The summed E-state index contributed by atoms with van der Waals surface area (Å²) < 4.78 is 10.4. The highest BCUT2D eigenvalue weighted by atomic mass is 32.2. The minimum absolute atomic E-state index is 0.142. The molecule has 0 saturated carbocycles. The predicted octanol–water partition coefficient (Wildman–Crippen LogP) is 6.42. The van der Waals surface area contributed by atoms with Crippen molar-refractivity contribution in [1.29, 1.82) is 0 Å². The third-order valence-corrected chi connectivity index (χ3v) is 8.16. The molecule has 5 rings (SSSR count). The second-order valence-electron chi connectivity index (χ2n) is 7.27. The Labute approximate surface area is 213 Å². The first-order valence-electron chi connectivity index (χ1n) is 10.6. The molecule has 0 amide bonds. The SMILES string of the molecule is CCOc1ccccc1-n1c(=S)sc2c(=O)n(-c3ccccc3)c(SCc3csc(C)n3)nc21. The van der Waals surface area contributed by atoms with Gasteiger partial charge in [0, 0.05) is 11.1 Å². The highest BCUT2D eigenvalue weighted by Crippen LogP contribution is 2.32. The molecule has 34 heavy (non-hydrogen) atoms. The molecule has 0 fully saturated rings. The lowest BCUT2D eigenvalue weighted by Gasteiger charge is -2.14. The maximum atomic E-state index is 13.8. The molecule has 0 atom stereocenters. The van der Waals surface area contributed by atoms with E-state index < -0.39 is 0 Å². The molecular formula is C24H20N4O2S4. The molecule has 0 unspecified atom stereocenters. The largest absolute Gasteiger partial charge is 0.492 e. The van der Waals surface area contributed by atoms with E-state index in [1.165, 1.54) is 23.1 Å². The minimum atomic E-state index is -0.142. The second-order valence-corrected chi connectivity index (χ2v) is 10.9. The highest BCUT2D eigenvalue weighted by molar-refractivity contribution is 7.98. The van der Waals surface area contributed by atoms with Gasteiger partial charge in [0.15, 0.2) is 14.8 Å². The lowest BCUT2D eigenvalue weighted by molar-refractivity contribution is 0.339. The van der Waals surface area contributed by atoms with Crippen molar-refractivity contribution in [3.63, 3.8) is 0 Å². The molecule has 10 heteroatoms. The standard InChI is InChI=1S/C24H20N4O2S4/c1-3-30-19-12-8-7-11-18(19)28-21-20(34-24(28)31)22(29)27(17-9-5-4-6-10-17)23(26-21)33-14-16-13-32-15(2)25-16/h4-13H,3,14H2,1-2H3. The number of thiazole rings is 2. The third kappa shape index (κ3) is 4.34. The van der Waals surface area contributed by atoms with E-state index in [1.54, 1.807) is 15.9 Å². The molecule has 2 aromatic carbocycles. The fourth-order valence-corrected chi connectivity index (χ4v) is 6.49. The summed E-state index contributed by atoms with van der Waals surface area (Å²) in [7, 11) is 0. The summed E-state index contributed by atoms with van der Waals surface area (Å²) in [6.45, 7) is 4.44. The van der Waals surface area contributed by atoms with Gasteiger partial charge >= 0.3 is 0 Å². The fraction of sp³-hybridized carbons (Fsp3) is 0.167. The first-order valence-corrected chi connectivity index (χ1v) is 13.7. The molecule has 0 saturated heterocycles. The van der Waals surface area contributed by atoms with E-state index in [0.29, 0.717) is 37.6 Å². The fourth-order valence-electron chi connectivity index (χ4n) is 3.58. The smallest absolute Gasteiger partial charge is 0.278 e. The van der Waals surface area contributed by atoms with Gasteiger partial charge in [0.1, 0.15) is 10.4 Å². The van der Waals surface area contributed by atoms with Crippen molar-refractivity contribution in [3.05, 3.63) is 85.0 Å². The van der Waals surface area contributed by atoms with Crippen LogP contribution in [0.3, 0.4) is 0 Å². The molecule has 172 valence electrons. The van der Waals surface area contributed by atoms with Gasteiger partial charge in [-0.05, 0) is 50.3 Å². The van der Waals surface area contributed by atoms with Crippen LogP contribution in [0.1, 0.15) is 17.6 Å². The number of hydrogen-bond acceptors (Lipinski definition) is 8. The molecule has 0 radical (unpaired) electrons. The predicted molar refractivity (Wildman–Crippen MR) is 143 cm³/mol. The molecule has 0 aliphatic rings. The van der Waals surface area contributed by atoms with Crippen molar-refractivity contribution in [2.75, 3.05) is 6.61 Å². The summed E-state index contributed by atoms with van der Waals surface area (Å²) in [5.41, 5.74) is 2.90. The van der Waals surface area contributed by atoms with Gasteiger partial charge in [0.2, 0.25) is 0 Å². The zero-order chi connectivity index (χ0) is 23.7. The van der Waals surface area contributed by atoms with Crippen molar-refractivity contribution in [3.8, 4) is 17.1 Å². The quantitative estimate of drug-likeness (QED) is 0.139. The van der Waals surface area contributed by atoms with Crippen LogP contribution in [0.2, 0.25) is 0 Å². The Kier molecular flexibility index (Phi) is 6.64. The van der Waals surface area contributed by atoms with E-state index >= 15 is 0 Å². The van der Waals surface area contributed by atoms with Crippen LogP contribution in [0.15, 0.2) is 69.9 Å². The van der Waals surface area contributed by atoms with E-state index in [0.717, 1.165) is 22.1 Å². The number of rotatable bonds is 7. The van der Waals surface area contributed by atoms with Crippen LogP contribution >= 0.6 is 46.7 Å². The Balaban J connectivity index is 1.73. The first-order chi connectivity index (χ1) is 16.6. The van der Waals surface area contributed by atoms with Gasteiger partial charge in [0.05, 0.1) is 28.7 Å². The van der Waals surface area contributed by atoms with Gasteiger partial charge in [-0.1, -0.05) is 53.4 Å². The molecule has 0 aliphatic carbocycles. The molecule has 0 spiro atoms. The Bertz CT molecular complexity index is 1580. The van der Waals surface area contributed by atoms with Gasteiger partial charge in [-0.2, -0.15) is 0 Å². The number of aryl methyl sites for hydroxylation is 1. The van der Waals surface area contributed by atoms with E-state index in [4.69, 9.17) is 21.9 Å². The number of fused-ring (bicyclic) bond motifs is 1. The Morgan fingerprint density at radius 3 is 2.56 bits per heavy atom. The van der Waals surface area contributed by atoms with Crippen LogP contribution in [0.4, 0.5) is 0 Å². The summed E-state index contributed by atoms with van der Waals surface area (Å²) in [4.78, 5) is 23.3. The van der Waals surface area contributed by atoms with E-state index in [2.05, 4.69) is 4.98 Å². The zero-order valence-corrected chi connectivity index (χ0v) is 21.7.